The molecule has 5 nitrogen and oxygen atoms in total. The smallest absolute Gasteiger partial charge is 0.339 e. The highest BCUT2D eigenvalue weighted by atomic mass is 16.5. The van der Waals surface area contributed by atoms with Crippen LogP contribution in [0.1, 0.15) is 61.5 Å². The molecule has 0 saturated carbocycles. The average Bonchev–Trinajstić information content (AvgIpc) is 3.10. The van der Waals surface area contributed by atoms with Crippen molar-refractivity contribution in [2.24, 2.45) is 0 Å². The van der Waals surface area contributed by atoms with Crippen LogP contribution in [-0.2, 0) is 16.1 Å². The summed E-state index contributed by atoms with van der Waals surface area (Å²) in [7, 11) is 0. The molecule has 1 aliphatic carbocycles. The van der Waals surface area contributed by atoms with Gasteiger partial charge in [0.05, 0.1) is 12.2 Å². The highest BCUT2D eigenvalue weighted by Gasteiger charge is 2.19. The van der Waals surface area contributed by atoms with E-state index in [4.69, 9.17) is 4.74 Å². The van der Waals surface area contributed by atoms with Crippen molar-refractivity contribution in [2.45, 2.75) is 58.9 Å². The minimum Gasteiger partial charge on any atom is -0.462 e. The van der Waals surface area contributed by atoms with Crippen molar-refractivity contribution >= 4 is 11.9 Å². The second-order valence-electron chi connectivity index (χ2n) is 7.72. The normalized spacial score (nSPS) is 13.6. The van der Waals surface area contributed by atoms with Gasteiger partial charge in [0.2, 0.25) is 5.91 Å². The molecule has 3 rings (SSSR count). The van der Waals surface area contributed by atoms with Gasteiger partial charge in [0.25, 0.3) is 0 Å². The fraction of sp³-hybridized carbons (Fsp3) is 0.440. The molecule has 1 heterocycles. The Kier molecular flexibility index (Phi) is 7.89. The number of hydrogen-bond donors (Lipinski definition) is 1. The predicted octanol–water partition coefficient (Wildman–Crippen LogP) is 5.04. The zero-order valence-electron chi connectivity index (χ0n) is 18.1. The molecule has 1 aromatic heterocycles. The standard InChI is InChI=1S/C25H32N2O3/c1-3-30-25(29)22-18-23(21-12-8-5-9-13-21)27(19(22)2)17-15-24(28)26-16-14-20-10-6-4-7-11-20/h5,8-10,12-13,18H,3-4,6-7,11,14-17H2,1-2H3,(H,26,28). The van der Waals surface area contributed by atoms with Crippen LogP contribution in [0.4, 0.5) is 0 Å². The Bertz CT molecular complexity index is 897. The van der Waals surface area contributed by atoms with E-state index in [1.807, 2.05) is 47.9 Å². The Hall–Kier alpha value is -2.82. The van der Waals surface area contributed by atoms with Gasteiger partial charge >= 0.3 is 5.97 Å². The number of esters is 1. The quantitative estimate of drug-likeness (QED) is 0.467. The minimum absolute atomic E-state index is 0.0382. The van der Waals surface area contributed by atoms with Gasteiger partial charge in [0.1, 0.15) is 0 Å². The molecule has 5 heteroatoms. The van der Waals surface area contributed by atoms with Crippen molar-refractivity contribution in [3.8, 4) is 11.3 Å². The first-order valence-corrected chi connectivity index (χ1v) is 11.0. The average molecular weight is 409 g/mol. The number of amides is 1. The second kappa shape index (κ2) is 10.8. The highest BCUT2D eigenvalue weighted by Crippen LogP contribution is 2.27. The molecule has 0 fully saturated rings. The number of carbonyl (C=O) groups excluding carboxylic acids is 2. The molecule has 0 spiro atoms. The summed E-state index contributed by atoms with van der Waals surface area (Å²) in [5, 5.41) is 3.04. The molecular formula is C25H32N2O3. The fourth-order valence-corrected chi connectivity index (χ4v) is 3.99. The Morgan fingerprint density at radius 3 is 2.67 bits per heavy atom. The minimum atomic E-state index is -0.323. The van der Waals surface area contributed by atoms with Gasteiger partial charge in [-0.1, -0.05) is 42.0 Å². The number of ether oxygens (including phenoxy) is 1. The molecule has 1 aliphatic rings. The number of allylic oxidation sites excluding steroid dienone is 1. The van der Waals surface area contributed by atoms with E-state index in [0.29, 0.717) is 31.7 Å². The summed E-state index contributed by atoms with van der Waals surface area (Å²) in [5.74, 6) is -0.285. The third-order valence-corrected chi connectivity index (χ3v) is 5.65. The van der Waals surface area contributed by atoms with Crippen molar-refractivity contribution in [3.05, 3.63) is 59.3 Å². The summed E-state index contributed by atoms with van der Waals surface area (Å²) in [4.78, 5) is 24.8. The molecule has 160 valence electrons. The topological polar surface area (TPSA) is 60.3 Å². The van der Waals surface area contributed by atoms with Gasteiger partial charge in [-0.15, -0.1) is 0 Å². The Morgan fingerprint density at radius 2 is 1.97 bits per heavy atom. The highest BCUT2D eigenvalue weighted by molar-refractivity contribution is 5.92. The van der Waals surface area contributed by atoms with Crippen LogP contribution in [0.15, 0.2) is 48.0 Å². The van der Waals surface area contributed by atoms with E-state index in [2.05, 4.69) is 11.4 Å². The zero-order chi connectivity index (χ0) is 21.3. The molecule has 0 saturated heterocycles. The van der Waals surface area contributed by atoms with Crippen LogP contribution in [0.5, 0.6) is 0 Å². The van der Waals surface area contributed by atoms with Gasteiger partial charge < -0.3 is 14.6 Å². The number of hydrogen-bond acceptors (Lipinski definition) is 3. The molecule has 0 radical (unpaired) electrons. The number of benzene rings is 1. The largest absolute Gasteiger partial charge is 0.462 e. The molecule has 0 unspecified atom stereocenters. The Balaban J connectivity index is 1.67. The van der Waals surface area contributed by atoms with E-state index in [1.165, 1.54) is 24.8 Å². The third kappa shape index (κ3) is 5.62. The maximum atomic E-state index is 12.4. The molecule has 1 aromatic carbocycles. The maximum Gasteiger partial charge on any atom is 0.339 e. The lowest BCUT2D eigenvalue weighted by Gasteiger charge is -2.14. The summed E-state index contributed by atoms with van der Waals surface area (Å²) in [6, 6.07) is 11.8. The van der Waals surface area contributed by atoms with Gasteiger partial charge in [-0.05, 0) is 57.6 Å². The summed E-state index contributed by atoms with van der Waals surface area (Å²) in [5.41, 5.74) is 4.79. The van der Waals surface area contributed by atoms with Crippen LogP contribution in [0.3, 0.4) is 0 Å². The maximum absolute atomic E-state index is 12.4. The van der Waals surface area contributed by atoms with Gasteiger partial charge in [-0.25, -0.2) is 4.79 Å². The summed E-state index contributed by atoms with van der Waals surface area (Å²) in [6.07, 6.45) is 8.51. The zero-order valence-corrected chi connectivity index (χ0v) is 18.1. The number of nitrogens with zero attached hydrogens (tertiary/aromatic N) is 1. The summed E-state index contributed by atoms with van der Waals surface area (Å²) >= 11 is 0. The lowest BCUT2D eigenvalue weighted by Crippen LogP contribution is -2.26. The van der Waals surface area contributed by atoms with E-state index in [9.17, 15) is 9.59 Å². The van der Waals surface area contributed by atoms with Crippen LogP contribution >= 0.6 is 0 Å². The van der Waals surface area contributed by atoms with Gasteiger partial charge in [-0.3, -0.25) is 4.79 Å². The van der Waals surface area contributed by atoms with E-state index in [0.717, 1.165) is 29.8 Å². The fourth-order valence-electron chi connectivity index (χ4n) is 3.99. The van der Waals surface area contributed by atoms with Crippen LogP contribution < -0.4 is 5.32 Å². The van der Waals surface area contributed by atoms with Crippen LogP contribution in [0.2, 0.25) is 0 Å². The first-order valence-electron chi connectivity index (χ1n) is 11.0. The van der Waals surface area contributed by atoms with Gasteiger partial charge in [-0.2, -0.15) is 0 Å². The Labute approximate surface area is 179 Å². The molecule has 2 aromatic rings. The molecule has 1 amide bonds. The summed E-state index contributed by atoms with van der Waals surface area (Å²) < 4.78 is 7.26. The second-order valence-corrected chi connectivity index (χ2v) is 7.72. The van der Waals surface area contributed by atoms with E-state index in [1.54, 1.807) is 6.92 Å². The van der Waals surface area contributed by atoms with Crippen molar-refractivity contribution in [3.63, 3.8) is 0 Å². The monoisotopic (exact) mass is 408 g/mol. The first kappa shape index (κ1) is 21.9. The molecule has 0 aliphatic heterocycles. The molecule has 0 bridgehead atoms. The number of aromatic nitrogens is 1. The first-order chi connectivity index (χ1) is 14.6. The lowest BCUT2D eigenvalue weighted by atomic mass is 9.97. The number of carbonyl (C=O) groups is 2. The van der Waals surface area contributed by atoms with Crippen molar-refractivity contribution < 1.29 is 14.3 Å². The van der Waals surface area contributed by atoms with Crippen molar-refractivity contribution in [2.75, 3.05) is 13.2 Å². The molecule has 30 heavy (non-hydrogen) atoms. The van der Waals surface area contributed by atoms with Gasteiger partial charge in [0.15, 0.2) is 0 Å². The van der Waals surface area contributed by atoms with Crippen molar-refractivity contribution in [1.82, 2.24) is 9.88 Å². The van der Waals surface area contributed by atoms with Crippen LogP contribution in [-0.4, -0.2) is 29.6 Å². The third-order valence-electron chi connectivity index (χ3n) is 5.65. The molecular weight excluding hydrogens is 376 g/mol. The number of rotatable bonds is 9. The van der Waals surface area contributed by atoms with Gasteiger partial charge in [0, 0.05) is 30.9 Å². The predicted molar refractivity (Wildman–Crippen MR) is 119 cm³/mol. The number of nitrogens with one attached hydrogen (secondary N) is 1. The molecule has 0 atom stereocenters. The SMILES string of the molecule is CCOC(=O)c1cc(-c2ccccc2)n(CCC(=O)NCCC2=CCCCC2)c1C. The Morgan fingerprint density at radius 1 is 1.17 bits per heavy atom. The van der Waals surface area contributed by atoms with E-state index < -0.39 is 0 Å². The van der Waals surface area contributed by atoms with E-state index in [-0.39, 0.29) is 11.9 Å². The van der Waals surface area contributed by atoms with Crippen LogP contribution in [0.25, 0.3) is 11.3 Å². The van der Waals surface area contributed by atoms with E-state index >= 15 is 0 Å². The lowest BCUT2D eigenvalue weighted by molar-refractivity contribution is -0.121. The molecule has 1 N–H and O–H groups in total. The van der Waals surface area contributed by atoms with Crippen molar-refractivity contribution in [1.29, 1.82) is 0 Å². The van der Waals surface area contributed by atoms with Crippen LogP contribution in [0, 0.1) is 6.92 Å². The summed E-state index contributed by atoms with van der Waals surface area (Å²) in [6.45, 7) is 5.25.